The van der Waals surface area contributed by atoms with Gasteiger partial charge in [-0.05, 0) is 50.9 Å². The van der Waals surface area contributed by atoms with Crippen LogP contribution in [0.3, 0.4) is 0 Å². The lowest BCUT2D eigenvalue weighted by Crippen LogP contribution is -2.74. The number of primary amides is 1. The molecule has 2 saturated carbocycles. The van der Waals surface area contributed by atoms with E-state index in [0.29, 0.717) is 17.7 Å². The molecule has 39 heavy (non-hydrogen) atoms. The van der Waals surface area contributed by atoms with Gasteiger partial charge in [-0.3, -0.25) is 28.9 Å². The number of rotatable bonds is 5. The number of amides is 1. The molecule has 2 fully saturated rings. The number of benzene rings is 1. The Bertz CT molecular complexity index is 1340. The molecule has 208 valence electrons. The van der Waals surface area contributed by atoms with Crippen molar-refractivity contribution >= 4 is 34.7 Å². The minimum atomic E-state index is -2.74. The maximum atomic E-state index is 14.0. The maximum absolute atomic E-state index is 14.0. The molecule has 0 bridgehead atoms. The molecule has 1 amide bonds. The van der Waals surface area contributed by atoms with E-state index in [1.807, 2.05) is 6.92 Å². The van der Waals surface area contributed by atoms with Crippen LogP contribution in [0, 0.1) is 35.5 Å². The Labute approximate surface area is 227 Å². The molecule has 0 aromatic heterocycles. The van der Waals surface area contributed by atoms with Crippen LogP contribution in [0.2, 0.25) is 0 Å². The Kier molecular flexibility index (Phi) is 7.45. The van der Waals surface area contributed by atoms with Crippen molar-refractivity contribution in [2.24, 2.45) is 29.4 Å². The third-order valence-corrected chi connectivity index (χ3v) is 8.40. The first-order chi connectivity index (χ1) is 18.3. The standard InChI is InChI=1S/C29H35N3O7/c1-6-7-8-9-10-14-13-18(31(2)3)16-11-15-12-17-22(32(4)5)25(35)21(28(30)38)27(37)29(17,39)26(36)19(15)24(34)20(16)23(14)33/h13,15,17,19,21-22,33,39H,6-8,11-12H2,1-5H3,(H2,30,38). The molecule has 3 aliphatic rings. The summed E-state index contributed by atoms with van der Waals surface area (Å²) in [4.78, 5) is 69.9. The predicted octanol–water partition coefficient (Wildman–Crippen LogP) is 0.475. The highest BCUT2D eigenvalue weighted by Crippen LogP contribution is 2.52. The van der Waals surface area contributed by atoms with Gasteiger partial charge in [0, 0.05) is 32.1 Å². The average molecular weight is 538 g/mol. The fourth-order valence-electron chi connectivity index (χ4n) is 6.57. The van der Waals surface area contributed by atoms with Crippen molar-refractivity contribution in [1.82, 2.24) is 4.90 Å². The van der Waals surface area contributed by atoms with E-state index in [0.717, 1.165) is 12.8 Å². The number of aromatic hydroxyl groups is 1. The van der Waals surface area contributed by atoms with E-state index < -0.39 is 64.4 Å². The summed E-state index contributed by atoms with van der Waals surface area (Å²) in [5, 5.41) is 22.9. The van der Waals surface area contributed by atoms with Gasteiger partial charge in [-0.2, -0.15) is 0 Å². The van der Waals surface area contributed by atoms with E-state index in [-0.39, 0.29) is 29.7 Å². The first-order valence-electron chi connectivity index (χ1n) is 13.2. The van der Waals surface area contributed by atoms with Gasteiger partial charge in [-0.1, -0.05) is 25.2 Å². The highest BCUT2D eigenvalue weighted by molar-refractivity contribution is 6.32. The highest BCUT2D eigenvalue weighted by Gasteiger charge is 2.69. The summed E-state index contributed by atoms with van der Waals surface area (Å²) < 4.78 is 0. The number of ketones is 4. The van der Waals surface area contributed by atoms with Gasteiger partial charge in [-0.25, -0.2) is 0 Å². The number of carbonyl (C=O) groups excluding carboxylic acids is 5. The Morgan fingerprint density at radius 2 is 1.82 bits per heavy atom. The number of nitrogens with zero attached hydrogens (tertiary/aromatic N) is 2. The highest BCUT2D eigenvalue weighted by atomic mass is 16.3. The molecule has 0 saturated heterocycles. The van der Waals surface area contributed by atoms with Gasteiger partial charge in [0.05, 0.1) is 23.1 Å². The zero-order chi connectivity index (χ0) is 29.0. The number of aliphatic hydroxyl groups is 1. The van der Waals surface area contributed by atoms with Crippen LogP contribution in [0.5, 0.6) is 5.75 Å². The topological polar surface area (TPSA) is 158 Å². The van der Waals surface area contributed by atoms with Gasteiger partial charge in [0.15, 0.2) is 34.7 Å². The molecule has 1 aromatic carbocycles. The Balaban J connectivity index is 1.87. The average Bonchev–Trinajstić information content (AvgIpc) is 2.84. The molecule has 4 N–H and O–H groups in total. The molecular formula is C29H35N3O7. The van der Waals surface area contributed by atoms with Crippen LogP contribution in [0.4, 0.5) is 5.69 Å². The second-order valence-electron chi connectivity index (χ2n) is 11.2. The van der Waals surface area contributed by atoms with Gasteiger partial charge in [0.1, 0.15) is 5.75 Å². The van der Waals surface area contributed by atoms with Crippen LogP contribution in [0.1, 0.15) is 54.1 Å². The van der Waals surface area contributed by atoms with Gasteiger partial charge < -0.3 is 20.8 Å². The smallest absolute Gasteiger partial charge is 0.235 e. The Morgan fingerprint density at radius 3 is 2.38 bits per heavy atom. The molecule has 4 rings (SSSR count). The lowest BCUT2D eigenvalue weighted by atomic mass is 9.52. The Morgan fingerprint density at radius 1 is 1.15 bits per heavy atom. The van der Waals surface area contributed by atoms with Crippen molar-refractivity contribution in [3.8, 4) is 17.6 Å². The molecule has 10 heteroatoms. The summed E-state index contributed by atoms with van der Waals surface area (Å²) in [5.41, 5.74) is 4.03. The SMILES string of the molecule is CCCCC#Cc1cc(N(C)C)c2c(c1O)C(=O)C1C(=O)C3(O)C(=O)C(C(N)=O)C(=O)C(N(C)C)C3CC1C2. The van der Waals surface area contributed by atoms with E-state index in [1.54, 1.807) is 39.2 Å². The molecule has 6 unspecified atom stereocenters. The normalized spacial score (nSPS) is 29.8. The summed E-state index contributed by atoms with van der Waals surface area (Å²) in [7, 11) is 6.71. The number of unbranched alkanes of at least 4 members (excludes halogenated alkanes) is 2. The number of hydrogen-bond donors (Lipinski definition) is 3. The van der Waals surface area contributed by atoms with Gasteiger partial charge in [0.2, 0.25) is 5.91 Å². The van der Waals surface area contributed by atoms with E-state index >= 15 is 0 Å². The molecule has 0 aliphatic heterocycles. The van der Waals surface area contributed by atoms with E-state index in [4.69, 9.17) is 5.73 Å². The van der Waals surface area contributed by atoms with Crippen LogP contribution in [0.15, 0.2) is 6.07 Å². The monoisotopic (exact) mass is 537 g/mol. The molecular weight excluding hydrogens is 502 g/mol. The maximum Gasteiger partial charge on any atom is 0.235 e. The molecule has 6 atom stereocenters. The van der Waals surface area contributed by atoms with Gasteiger partial charge in [0.25, 0.3) is 0 Å². The Hall–Kier alpha value is -3.55. The quantitative estimate of drug-likeness (QED) is 0.276. The molecule has 0 heterocycles. The van der Waals surface area contributed by atoms with Crippen molar-refractivity contribution < 1.29 is 34.2 Å². The lowest BCUT2D eigenvalue weighted by molar-refractivity contribution is -0.181. The summed E-state index contributed by atoms with van der Waals surface area (Å²) in [6, 6.07) is 0.587. The van der Waals surface area contributed by atoms with Crippen LogP contribution in [-0.4, -0.2) is 84.0 Å². The molecule has 1 aromatic rings. The lowest BCUT2D eigenvalue weighted by Gasteiger charge is -2.52. The third kappa shape index (κ3) is 4.24. The number of Topliss-reactive ketones (excluding diaryl/α,β-unsaturated/α-hetero) is 4. The summed E-state index contributed by atoms with van der Waals surface area (Å²) >= 11 is 0. The minimum Gasteiger partial charge on any atom is -0.506 e. The second kappa shape index (κ2) is 10.2. The fourth-order valence-corrected chi connectivity index (χ4v) is 6.57. The number of nitrogens with two attached hydrogens (primary N) is 1. The van der Waals surface area contributed by atoms with Crippen molar-refractivity contribution in [1.29, 1.82) is 0 Å². The van der Waals surface area contributed by atoms with Crippen LogP contribution in [0.25, 0.3) is 0 Å². The molecule has 3 aliphatic carbocycles. The molecule has 10 nitrogen and oxygen atoms in total. The van der Waals surface area contributed by atoms with Gasteiger partial charge in [-0.15, -0.1) is 0 Å². The van der Waals surface area contributed by atoms with Crippen molar-refractivity contribution in [2.75, 3.05) is 33.1 Å². The van der Waals surface area contributed by atoms with E-state index in [1.165, 1.54) is 4.90 Å². The number of likely N-dealkylation sites (N-methyl/N-ethyl adjacent to an activating group) is 1. The van der Waals surface area contributed by atoms with Gasteiger partial charge >= 0.3 is 0 Å². The first kappa shape index (κ1) is 28.5. The predicted molar refractivity (Wildman–Crippen MR) is 142 cm³/mol. The fraction of sp³-hybridized carbons (Fsp3) is 0.552. The summed E-state index contributed by atoms with van der Waals surface area (Å²) in [6.07, 6.45) is 2.67. The number of phenolic OH excluding ortho intramolecular Hbond substituents is 1. The minimum absolute atomic E-state index is 0.0100. The van der Waals surface area contributed by atoms with E-state index in [2.05, 4.69) is 11.8 Å². The van der Waals surface area contributed by atoms with Crippen LogP contribution >= 0.6 is 0 Å². The van der Waals surface area contributed by atoms with Crippen LogP contribution in [-0.2, 0) is 25.6 Å². The van der Waals surface area contributed by atoms with Crippen molar-refractivity contribution in [2.45, 2.75) is 50.7 Å². The number of hydrogen-bond acceptors (Lipinski definition) is 9. The zero-order valence-corrected chi connectivity index (χ0v) is 22.9. The number of fused-ring (bicyclic) bond motifs is 3. The summed E-state index contributed by atoms with van der Waals surface area (Å²) in [5.74, 6) is -4.67. The largest absolute Gasteiger partial charge is 0.506 e. The van der Waals surface area contributed by atoms with E-state index in [9.17, 15) is 34.2 Å². The zero-order valence-electron chi connectivity index (χ0n) is 22.9. The first-order valence-corrected chi connectivity index (χ1v) is 13.2. The second-order valence-corrected chi connectivity index (χ2v) is 11.2. The molecule has 0 spiro atoms. The number of anilines is 1. The number of carbonyl (C=O) groups is 5. The third-order valence-electron chi connectivity index (χ3n) is 8.40. The number of phenols is 1. The van der Waals surface area contributed by atoms with Crippen LogP contribution < -0.4 is 10.6 Å². The van der Waals surface area contributed by atoms with Crippen molar-refractivity contribution in [3.63, 3.8) is 0 Å². The van der Waals surface area contributed by atoms with Crippen molar-refractivity contribution in [3.05, 3.63) is 22.8 Å². The summed E-state index contributed by atoms with van der Waals surface area (Å²) in [6.45, 7) is 2.04. The molecule has 0 radical (unpaired) electrons.